The van der Waals surface area contributed by atoms with E-state index in [0.717, 1.165) is 31.0 Å². The van der Waals surface area contributed by atoms with Gasteiger partial charge in [-0.15, -0.1) is 0 Å². The van der Waals surface area contributed by atoms with Gasteiger partial charge in [0.05, 0.1) is 10.5 Å². The molecule has 0 saturated heterocycles. The lowest BCUT2D eigenvalue weighted by atomic mass is 10.1. The quantitative estimate of drug-likeness (QED) is 0.628. The molecule has 1 unspecified atom stereocenters. The normalized spacial score (nSPS) is 15.1. The molecule has 0 aliphatic heterocycles. The fourth-order valence-corrected chi connectivity index (χ4v) is 1.69. The van der Waals surface area contributed by atoms with Gasteiger partial charge in [-0.2, -0.15) is 0 Å². The van der Waals surface area contributed by atoms with Crippen molar-refractivity contribution < 1.29 is 18.9 Å². The molecule has 112 valence electrons. The van der Waals surface area contributed by atoms with Crippen molar-refractivity contribution in [2.45, 2.75) is 31.8 Å². The SMILES string of the molecule is CC(NC(=O)c1cc([N+](=O)[O-])ccc1F)C(=O)NC1CC1. The molecule has 2 amide bonds. The van der Waals surface area contributed by atoms with Crippen LogP contribution in [0.1, 0.15) is 30.1 Å². The van der Waals surface area contributed by atoms with Crippen LogP contribution < -0.4 is 10.6 Å². The van der Waals surface area contributed by atoms with Gasteiger partial charge < -0.3 is 10.6 Å². The standard InChI is InChI=1S/C13H14FN3O4/c1-7(12(18)16-8-2-3-8)15-13(19)10-6-9(17(20)21)4-5-11(10)14/h4-8H,2-3H2,1H3,(H,15,19)(H,16,18). The summed E-state index contributed by atoms with van der Waals surface area (Å²) in [5, 5.41) is 15.7. The number of nitrogens with one attached hydrogen (secondary N) is 2. The minimum atomic E-state index is -0.882. The number of hydrogen-bond donors (Lipinski definition) is 2. The fourth-order valence-electron chi connectivity index (χ4n) is 1.69. The molecule has 0 spiro atoms. The lowest BCUT2D eigenvalue weighted by Gasteiger charge is -2.14. The van der Waals surface area contributed by atoms with Gasteiger partial charge in [0.1, 0.15) is 11.9 Å². The minimum absolute atomic E-state index is 0.145. The van der Waals surface area contributed by atoms with Gasteiger partial charge in [0.25, 0.3) is 11.6 Å². The Labute approximate surface area is 119 Å². The molecule has 1 aliphatic carbocycles. The maximum absolute atomic E-state index is 13.6. The van der Waals surface area contributed by atoms with Crippen molar-refractivity contribution in [2.24, 2.45) is 0 Å². The summed E-state index contributed by atoms with van der Waals surface area (Å²) in [4.78, 5) is 33.5. The largest absolute Gasteiger partial charge is 0.352 e. The van der Waals surface area contributed by atoms with E-state index in [4.69, 9.17) is 0 Å². The molecule has 1 atom stereocenters. The Morgan fingerprint density at radius 3 is 2.67 bits per heavy atom. The third kappa shape index (κ3) is 3.74. The molecular weight excluding hydrogens is 281 g/mol. The lowest BCUT2D eigenvalue weighted by Crippen LogP contribution is -2.45. The predicted octanol–water partition coefficient (Wildman–Crippen LogP) is 1.13. The zero-order valence-electron chi connectivity index (χ0n) is 11.3. The first kappa shape index (κ1) is 14.9. The van der Waals surface area contributed by atoms with Crippen molar-refractivity contribution in [1.29, 1.82) is 0 Å². The van der Waals surface area contributed by atoms with Crippen LogP contribution in [-0.4, -0.2) is 28.8 Å². The van der Waals surface area contributed by atoms with Crippen molar-refractivity contribution in [3.63, 3.8) is 0 Å². The summed E-state index contributed by atoms with van der Waals surface area (Å²) < 4.78 is 13.6. The zero-order chi connectivity index (χ0) is 15.6. The van der Waals surface area contributed by atoms with Crippen molar-refractivity contribution in [3.8, 4) is 0 Å². The molecule has 7 nitrogen and oxygen atoms in total. The van der Waals surface area contributed by atoms with E-state index in [9.17, 15) is 24.1 Å². The van der Waals surface area contributed by atoms with Crippen molar-refractivity contribution >= 4 is 17.5 Å². The van der Waals surface area contributed by atoms with Crippen LogP contribution >= 0.6 is 0 Å². The van der Waals surface area contributed by atoms with Gasteiger partial charge in [-0.1, -0.05) is 0 Å². The minimum Gasteiger partial charge on any atom is -0.352 e. The molecule has 0 bridgehead atoms. The topological polar surface area (TPSA) is 101 Å². The number of nitrogens with zero attached hydrogens (tertiary/aromatic N) is 1. The number of amides is 2. The first-order chi connectivity index (χ1) is 9.88. The highest BCUT2D eigenvalue weighted by molar-refractivity contribution is 5.98. The van der Waals surface area contributed by atoms with Crippen LogP contribution in [0, 0.1) is 15.9 Å². The van der Waals surface area contributed by atoms with Gasteiger partial charge in [-0.3, -0.25) is 19.7 Å². The molecule has 0 aromatic heterocycles. The molecule has 8 heteroatoms. The third-order valence-electron chi connectivity index (χ3n) is 3.07. The second kappa shape index (κ2) is 5.86. The first-order valence-electron chi connectivity index (χ1n) is 6.43. The Hall–Kier alpha value is -2.51. The van der Waals surface area contributed by atoms with E-state index in [1.165, 1.54) is 6.92 Å². The molecular formula is C13H14FN3O4. The highest BCUT2D eigenvalue weighted by Crippen LogP contribution is 2.19. The number of carbonyl (C=O) groups excluding carboxylic acids is 2. The maximum atomic E-state index is 13.6. The third-order valence-corrected chi connectivity index (χ3v) is 3.07. The number of nitro benzene ring substituents is 1. The predicted molar refractivity (Wildman–Crippen MR) is 71.1 cm³/mol. The number of nitro groups is 1. The van der Waals surface area contributed by atoms with Gasteiger partial charge in [0, 0.05) is 18.2 Å². The summed E-state index contributed by atoms with van der Waals surface area (Å²) in [6.07, 6.45) is 1.82. The molecule has 2 rings (SSSR count). The fraction of sp³-hybridized carbons (Fsp3) is 0.385. The highest BCUT2D eigenvalue weighted by Gasteiger charge is 2.27. The van der Waals surface area contributed by atoms with Crippen LogP contribution in [0.3, 0.4) is 0 Å². The van der Waals surface area contributed by atoms with Gasteiger partial charge in [0.2, 0.25) is 5.91 Å². The van der Waals surface area contributed by atoms with E-state index in [1.54, 1.807) is 0 Å². The molecule has 21 heavy (non-hydrogen) atoms. The lowest BCUT2D eigenvalue weighted by molar-refractivity contribution is -0.384. The Kier molecular flexibility index (Phi) is 4.15. The van der Waals surface area contributed by atoms with Crippen LogP contribution in [-0.2, 0) is 4.79 Å². The Morgan fingerprint density at radius 2 is 2.10 bits per heavy atom. The van der Waals surface area contributed by atoms with E-state index in [2.05, 4.69) is 10.6 Å². The number of rotatable bonds is 5. The molecule has 0 heterocycles. The Morgan fingerprint density at radius 1 is 1.43 bits per heavy atom. The first-order valence-corrected chi connectivity index (χ1v) is 6.43. The smallest absolute Gasteiger partial charge is 0.270 e. The van der Waals surface area contributed by atoms with Gasteiger partial charge in [0.15, 0.2) is 0 Å². The molecule has 1 aliphatic rings. The van der Waals surface area contributed by atoms with E-state index < -0.39 is 33.9 Å². The summed E-state index contributed by atoms with van der Waals surface area (Å²) in [6, 6.07) is 1.95. The van der Waals surface area contributed by atoms with Crippen LogP contribution in [0.5, 0.6) is 0 Å². The van der Waals surface area contributed by atoms with Crippen LogP contribution in [0.15, 0.2) is 18.2 Å². The molecule has 1 saturated carbocycles. The van der Waals surface area contributed by atoms with Crippen LogP contribution in [0.25, 0.3) is 0 Å². The number of non-ortho nitro benzene ring substituents is 1. The average Bonchev–Trinajstić information content (AvgIpc) is 3.22. The van der Waals surface area contributed by atoms with E-state index >= 15 is 0 Å². The molecule has 2 N–H and O–H groups in total. The number of halogens is 1. The van der Waals surface area contributed by atoms with E-state index in [1.807, 2.05) is 0 Å². The highest BCUT2D eigenvalue weighted by atomic mass is 19.1. The van der Waals surface area contributed by atoms with Gasteiger partial charge in [-0.05, 0) is 25.8 Å². The Balaban J connectivity index is 2.06. The summed E-state index contributed by atoms with van der Waals surface area (Å²) in [5.41, 5.74) is -0.855. The summed E-state index contributed by atoms with van der Waals surface area (Å²) in [7, 11) is 0. The second-order valence-corrected chi connectivity index (χ2v) is 4.90. The van der Waals surface area contributed by atoms with Crippen LogP contribution in [0.2, 0.25) is 0 Å². The summed E-state index contributed by atoms with van der Waals surface area (Å²) >= 11 is 0. The number of carbonyl (C=O) groups is 2. The molecule has 1 fully saturated rings. The molecule has 1 aromatic rings. The van der Waals surface area contributed by atoms with Crippen molar-refractivity contribution in [3.05, 3.63) is 39.7 Å². The molecule has 1 aromatic carbocycles. The number of hydrogen-bond acceptors (Lipinski definition) is 4. The van der Waals surface area contributed by atoms with Crippen molar-refractivity contribution in [1.82, 2.24) is 10.6 Å². The number of benzene rings is 1. The van der Waals surface area contributed by atoms with Crippen LogP contribution in [0.4, 0.5) is 10.1 Å². The van der Waals surface area contributed by atoms with Crippen molar-refractivity contribution in [2.75, 3.05) is 0 Å². The monoisotopic (exact) mass is 295 g/mol. The maximum Gasteiger partial charge on any atom is 0.270 e. The van der Waals surface area contributed by atoms with Gasteiger partial charge in [-0.25, -0.2) is 4.39 Å². The Bertz CT molecular complexity index is 601. The van der Waals surface area contributed by atoms with Gasteiger partial charge >= 0.3 is 0 Å². The average molecular weight is 295 g/mol. The zero-order valence-corrected chi connectivity index (χ0v) is 11.3. The molecule has 0 radical (unpaired) electrons. The summed E-state index contributed by atoms with van der Waals surface area (Å²) in [6.45, 7) is 1.46. The van der Waals surface area contributed by atoms with E-state index in [-0.39, 0.29) is 11.9 Å². The second-order valence-electron chi connectivity index (χ2n) is 4.90. The van der Waals surface area contributed by atoms with E-state index in [0.29, 0.717) is 0 Å². The summed E-state index contributed by atoms with van der Waals surface area (Å²) in [5.74, 6) is -2.11.